The van der Waals surface area contributed by atoms with E-state index in [4.69, 9.17) is 0 Å². The van der Waals surface area contributed by atoms with Crippen LogP contribution < -0.4 is 0 Å². The first-order chi connectivity index (χ1) is 5.86. The smallest absolute Gasteiger partial charge is 0.00190 e. The van der Waals surface area contributed by atoms with Gasteiger partial charge in [0.2, 0.25) is 0 Å². The molecule has 0 saturated heterocycles. The Morgan fingerprint density at radius 3 is 1.92 bits per heavy atom. The third kappa shape index (κ3) is 2.45. The summed E-state index contributed by atoms with van der Waals surface area (Å²) in [6.07, 6.45) is 2.43. The Morgan fingerprint density at radius 1 is 1.00 bits per heavy atom. The molecule has 1 aromatic rings. The van der Waals surface area contributed by atoms with Crippen molar-refractivity contribution in [3.63, 3.8) is 0 Å². The third-order valence-electron chi connectivity index (χ3n) is 2.64. The summed E-state index contributed by atoms with van der Waals surface area (Å²) < 4.78 is 0. The van der Waals surface area contributed by atoms with E-state index in [0.29, 0.717) is 0 Å². The van der Waals surface area contributed by atoms with Crippen molar-refractivity contribution in [2.75, 3.05) is 20.1 Å². The van der Waals surface area contributed by atoms with Gasteiger partial charge in [0.1, 0.15) is 0 Å². The largest absolute Gasteiger partial charge is 0.306 e. The minimum absolute atomic E-state index is 0. The van der Waals surface area contributed by atoms with Gasteiger partial charge < -0.3 is 4.90 Å². The second-order valence-electron chi connectivity index (χ2n) is 3.57. The number of hydrogen-bond acceptors (Lipinski definition) is 1. The van der Waals surface area contributed by atoms with E-state index < -0.39 is 0 Å². The molecule has 2 rings (SSSR count). The second-order valence-corrected chi connectivity index (χ2v) is 3.57. The van der Waals surface area contributed by atoms with Gasteiger partial charge >= 0.3 is 0 Å². The van der Waals surface area contributed by atoms with Crippen LogP contribution >= 0.6 is 12.4 Å². The average molecular weight is 198 g/mol. The lowest BCUT2D eigenvalue weighted by Crippen LogP contribution is -2.20. The van der Waals surface area contributed by atoms with Crippen molar-refractivity contribution in [1.82, 2.24) is 4.90 Å². The maximum Gasteiger partial charge on any atom is 0.00190 e. The van der Waals surface area contributed by atoms with E-state index in [1.807, 2.05) is 0 Å². The SMILES string of the molecule is CN1CCc2ccccc2CC1.Cl. The molecule has 2 heteroatoms. The quantitative estimate of drug-likeness (QED) is 0.616. The van der Waals surface area contributed by atoms with Gasteiger partial charge in [-0.15, -0.1) is 12.4 Å². The molecule has 0 amide bonds. The highest BCUT2D eigenvalue weighted by Gasteiger charge is 2.08. The maximum atomic E-state index is 2.40. The lowest BCUT2D eigenvalue weighted by atomic mass is 10.0. The van der Waals surface area contributed by atoms with Crippen molar-refractivity contribution >= 4 is 12.4 Å². The van der Waals surface area contributed by atoms with E-state index in [-0.39, 0.29) is 12.4 Å². The fourth-order valence-electron chi connectivity index (χ4n) is 1.78. The van der Waals surface area contributed by atoms with E-state index in [1.165, 1.54) is 25.9 Å². The molecule has 0 spiro atoms. The van der Waals surface area contributed by atoms with E-state index in [1.54, 1.807) is 11.1 Å². The molecule has 0 aliphatic carbocycles. The molecule has 1 aliphatic heterocycles. The van der Waals surface area contributed by atoms with Crippen molar-refractivity contribution in [3.05, 3.63) is 35.4 Å². The first-order valence-corrected chi connectivity index (χ1v) is 4.61. The van der Waals surface area contributed by atoms with Crippen LogP contribution in [0.1, 0.15) is 11.1 Å². The van der Waals surface area contributed by atoms with Crippen LogP contribution in [0, 0.1) is 0 Å². The Hall–Kier alpha value is -0.530. The van der Waals surface area contributed by atoms with Crippen LogP contribution in [0.3, 0.4) is 0 Å². The van der Waals surface area contributed by atoms with Crippen LogP contribution in [0.25, 0.3) is 0 Å². The summed E-state index contributed by atoms with van der Waals surface area (Å²) in [5.41, 5.74) is 3.09. The number of nitrogens with zero attached hydrogens (tertiary/aromatic N) is 1. The molecule has 1 aromatic carbocycles. The number of halogens is 1. The van der Waals surface area contributed by atoms with Crippen LogP contribution in [-0.2, 0) is 12.8 Å². The maximum absolute atomic E-state index is 2.40. The average Bonchev–Trinajstić information content (AvgIpc) is 2.29. The predicted molar refractivity (Wildman–Crippen MR) is 58.6 cm³/mol. The van der Waals surface area contributed by atoms with Gasteiger partial charge in [-0.05, 0) is 31.0 Å². The summed E-state index contributed by atoms with van der Waals surface area (Å²) in [6, 6.07) is 8.80. The molecule has 0 radical (unpaired) electrons. The van der Waals surface area contributed by atoms with Gasteiger partial charge in [0.15, 0.2) is 0 Å². The molecule has 1 heterocycles. The summed E-state index contributed by atoms with van der Waals surface area (Å²) in [7, 11) is 2.20. The molecule has 72 valence electrons. The number of fused-ring (bicyclic) bond motifs is 1. The van der Waals surface area contributed by atoms with Crippen molar-refractivity contribution in [1.29, 1.82) is 0 Å². The summed E-state index contributed by atoms with van der Waals surface area (Å²) in [6.45, 7) is 2.41. The van der Waals surface area contributed by atoms with E-state index >= 15 is 0 Å². The Kier molecular flexibility index (Phi) is 3.76. The Morgan fingerprint density at radius 2 is 1.46 bits per heavy atom. The monoisotopic (exact) mass is 197 g/mol. The van der Waals surface area contributed by atoms with Gasteiger partial charge in [-0.2, -0.15) is 0 Å². The number of rotatable bonds is 0. The topological polar surface area (TPSA) is 3.24 Å². The lowest BCUT2D eigenvalue weighted by Gasteiger charge is -2.10. The lowest BCUT2D eigenvalue weighted by molar-refractivity contribution is 0.352. The van der Waals surface area contributed by atoms with Crippen LogP contribution in [0.2, 0.25) is 0 Å². The van der Waals surface area contributed by atoms with Crippen LogP contribution in [0.5, 0.6) is 0 Å². The molecular weight excluding hydrogens is 182 g/mol. The molecule has 0 saturated carbocycles. The first-order valence-electron chi connectivity index (χ1n) is 4.61. The van der Waals surface area contributed by atoms with E-state index in [9.17, 15) is 0 Å². The number of benzene rings is 1. The first kappa shape index (κ1) is 10.6. The molecular formula is C11H16ClN. The second kappa shape index (κ2) is 4.64. The molecule has 1 nitrogen and oxygen atoms in total. The van der Waals surface area contributed by atoms with Crippen LogP contribution in [-0.4, -0.2) is 25.0 Å². The van der Waals surface area contributed by atoms with Gasteiger partial charge in [-0.1, -0.05) is 24.3 Å². The molecule has 0 N–H and O–H groups in total. The highest BCUT2D eigenvalue weighted by molar-refractivity contribution is 5.85. The highest BCUT2D eigenvalue weighted by Crippen LogP contribution is 2.14. The molecule has 0 bridgehead atoms. The predicted octanol–water partition coefficient (Wildman–Crippen LogP) is 2.14. The van der Waals surface area contributed by atoms with Gasteiger partial charge in [0.25, 0.3) is 0 Å². The highest BCUT2D eigenvalue weighted by atomic mass is 35.5. The van der Waals surface area contributed by atoms with E-state index in [2.05, 4.69) is 36.2 Å². The Labute approximate surface area is 86.2 Å². The minimum Gasteiger partial charge on any atom is -0.306 e. The van der Waals surface area contributed by atoms with Gasteiger partial charge in [-0.3, -0.25) is 0 Å². The molecule has 0 atom stereocenters. The molecule has 0 aromatic heterocycles. The van der Waals surface area contributed by atoms with Crippen molar-refractivity contribution < 1.29 is 0 Å². The Bertz CT molecular complexity index is 246. The van der Waals surface area contributed by atoms with Crippen molar-refractivity contribution in [2.24, 2.45) is 0 Å². The normalized spacial score (nSPS) is 17.0. The summed E-state index contributed by atoms with van der Waals surface area (Å²) in [4.78, 5) is 2.40. The van der Waals surface area contributed by atoms with Crippen molar-refractivity contribution in [3.8, 4) is 0 Å². The van der Waals surface area contributed by atoms with Crippen LogP contribution in [0.4, 0.5) is 0 Å². The summed E-state index contributed by atoms with van der Waals surface area (Å²) in [5.74, 6) is 0. The Balaban J connectivity index is 0.000000845. The fourth-order valence-corrected chi connectivity index (χ4v) is 1.78. The van der Waals surface area contributed by atoms with E-state index in [0.717, 1.165) is 0 Å². The molecule has 0 unspecified atom stereocenters. The molecule has 13 heavy (non-hydrogen) atoms. The molecule has 1 aliphatic rings. The zero-order chi connectivity index (χ0) is 8.39. The van der Waals surface area contributed by atoms with Gasteiger partial charge in [-0.25, -0.2) is 0 Å². The fraction of sp³-hybridized carbons (Fsp3) is 0.455. The van der Waals surface area contributed by atoms with Crippen LogP contribution in [0.15, 0.2) is 24.3 Å². The summed E-state index contributed by atoms with van der Waals surface area (Å²) >= 11 is 0. The number of hydrogen-bond donors (Lipinski definition) is 0. The zero-order valence-corrected chi connectivity index (χ0v) is 8.81. The standard InChI is InChI=1S/C11H15N.ClH/c1-12-8-6-10-4-2-3-5-11(10)7-9-12;/h2-5H,6-9H2,1H3;1H. The third-order valence-corrected chi connectivity index (χ3v) is 2.64. The van der Waals surface area contributed by atoms with Gasteiger partial charge in [0, 0.05) is 13.1 Å². The zero-order valence-electron chi connectivity index (χ0n) is 7.99. The summed E-state index contributed by atoms with van der Waals surface area (Å²) in [5, 5.41) is 0. The minimum atomic E-state index is 0. The molecule has 0 fully saturated rings. The van der Waals surface area contributed by atoms with Gasteiger partial charge in [0.05, 0.1) is 0 Å². The van der Waals surface area contributed by atoms with Crippen molar-refractivity contribution in [2.45, 2.75) is 12.8 Å². The number of likely N-dealkylation sites (N-methyl/N-ethyl adjacent to an activating group) is 1.